The van der Waals surface area contributed by atoms with Crippen LogP contribution < -0.4 is 10.1 Å². The highest BCUT2D eigenvalue weighted by Crippen LogP contribution is 2.27. The molecule has 3 aromatic rings. The van der Waals surface area contributed by atoms with Crippen LogP contribution in [0.4, 0.5) is 0 Å². The van der Waals surface area contributed by atoms with Gasteiger partial charge in [0.2, 0.25) is 17.7 Å². The molecule has 1 aliphatic rings. The Morgan fingerprint density at radius 3 is 2.53 bits per heavy atom. The van der Waals surface area contributed by atoms with Crippen LogP contribution >= 0.6 is 0 Å². The highest BCUT2D eigenvalue weighted by atomic mass is 16.5. The highest BCUT2D eigenvalue weighted by molar-refractivity contribution is 6.01. The van der Waals surface area contributed by atoms with E-state index in [-0.39, 0.29) is 36.2 Å². The van der Waals surface area contributed by atoms with Crippen molar-refractivity contribution in [3.05, 3.63) is 66.2 Å². The lowest BCUT2D eigenvalue weighted by Gasteiger charge is -2.34. The quantitative estimate of drug-likeness (QED) is 0.429. The third-order valence-corrected chi connectivity index (χ3v) is 6.01. The number of pyridine rings is 1. The van der Waals surface area contributed by atoms with Crippen molar-refractivity contribution >= 4 is 11.8 Å². The van der Waals surface area contributed by atoms with Crippen molar-refractivity contribution in [1.82, 2.24) is 20.2 Å². The Labute approximate surface area is 222 Å². The molecule has 10 heteroatoms. The van der Waals surface area contributed by atoms with Gasteiger partial charge in [-0.3, -0.25) is 9.59 Å². The Kier molecular flexibility index (Phi) is 8.75. The fraction of sp³-hybridized carbons (Fsp3) is 0.429. The molecule has 1 saturated heterocycles. The van der Waals surface area contributed by atoms with Gasteiger partial charge < -0.3 is 28.8 Å². The number of hydrogen-bond donors (Lipinski definition) is 1. The van der Waals surface area contributed by atoms with E-state index >= 15 is 0 Å². The minimum atomic E-state index is -1.17. The van der Waals surface area contributed by atoms with Crippen LogP contribution in [0.2, 0.25) is 0 Å². The predicted octanol–water partition coefficient (Wildman–Crippen LogP) is 3.65. The Hall–Kier alpha value is -3.76. The molecular formula is C28H34N4O6. The first-order valence-electron chi connectivity index (χ1n) is 12.7. The maximum absolute atomic E-state index is 13.6. The van der Waals surface area contributed by atoms with E-state index in [1.807, 2.05) is 44.2 Å². The summed E-state index contributed by atoms with van der Waals surface area (Å²) in [6.45, 7) is 9.27. The van der Waals surface area contributed by atoms with Crippen LogP contribution in [0.15, 0.2) is 59.5 Å². The van der Waals surface area contributed by atoms with Gasteiger partial charge in [-0.05, 0) is 39.3 Å². The minimum Gasteiger partial charge on any atom is -0.474 e. The van der Waals surface area contributed by atoms with Crippen molar-refractivity contribution in [2.45, 2.75) is 45.4 Å². The van der Waals surface area contributed by atoms with Crippen LogP contribution in [0.3, 0.4) is 0 Å². The number of amides is 2. The normalized spacial score (nSPS) is 14.8. The number of carbonyl (C=O) groups is 2. The number of oxazole rings is 1. The zero-order valence-electron chi connectivity index (χ0n) is 22.2. The van der Waals surface area contributed by atoms with Crippen molar-refractivity contribution in [2.75, 3.05) is 32.9 Å². The molecule has 1 aromatic carbocycles. The van der Waals surface area contributed by atoms with Crippen molar-refractivity contribution in [3.63, 3.8) is 0 Å². The molecule has 1 fully saturated rings. The number of hydrogen-bond acceptors (Lipinski definition) is 8. The fourth-order valence-corrected chi connectivity index (χ4v) is 4.14. The summed E-state index contributed by atoms with van der Waals surface area (Å²) in [6, 6.07) is 11.3. The predicted molar refractivity (Wildman–Crippen MR) is 140 cm³/mol. The summed E-state index contributed by atoms with van der Waals surface area (Å²) in [5, 5.41) is 2.86. The lowest BCUT2D eigenvalue weighted by Crippen LogP contribution is -2.58. The molecule has 0 spiro atoms. The number of nitrogens with one attached hydrogen (secondary N) is 1. The van der Waals surface area contributed by atoms with Crippen molar-refractivity contribution in [2.24, 2.45) is 0 Å². The van der Waals surface area contributed by atoms with Gasteiger partial charge in [0.15, 0.2) is 0 Å². The van der Waals surface area contributed by atoms with E-state index in [1.54, 1.807) is 24.8 Å². The molecule has 0 saturated carbocycles. The maximum Gasteiger partial charge on any atom is 0.257 e. The van der Waals surface area contributed by atoms with Gasteiger partial charge in [-0.25, -0.2) is 9.97 Å². The molecule has 1 atom stereocenters. The number of morpholine rings is 1. The molecule has 2 aromatic heterocycles. The Morgan fingerprint density at radius 1 is 1.13 bits per heavy atom. The van der Waals surface area contributed by atoms with Gasteiger partial charge in [-0.15, -0.1) is 0 Å². The molecule has 0 radical (unpaired) electrons. The Balaban J connectivity index is 1.58. The number of rotatable bonds is 10. The van der Waals surface area contributed by atoms with E-state index in [2.05, 4.69) is 15.3 Å². The lowest BCUT2D eigenvalue weighted by molar-refractivity contribution is -0.140. The first-order chi connectivity index (χ1) is 18.2. The summed E-state index contributed by atoms with van der Waals surface area (Å²) >= 11 is 0. The third-order valence-electron chi connectivity index (χ3n) is 6.01. The molecule has 1 unspecified atom stereocenters. The highest BCUT2D eigenvalue weighted by Gasteiger charge is 2.35. The van der Waals surface area contributed by atoms with Crippen molar-refractivity contribution in [3.8, 4) is 17.3 Å². The van der Waals surface area contributed by atoms with E-state index in [0.717, 1.165) is 5.56 Å². The molecule has 10 nitrogen and oxygen atoms in total. The minimum absolute atomic E-state index is 0.0427. The zero-order valence-corrected chi connectivity index (χ0v) is 22.2. The second-order valence-electron chi connectivity index (χ2n) is 9.79. The van der Waals surface area contributed by atoms with Crippen LogP contribution in [0, 0.1) is 0 Å². The van der Waals surface area contributed by atoms with Crippen molar-refractivity contribution < 1.29 is 28.2 Å². The SMILES string of the molecule is CC(C)OC(COc1ncc(-c2ncco2)cc1C(=O)NC(C)(C)C(=O)N1CCOCC1)c1ccccc1. The molecule has 1 N–H and O–H groups in total. The van der Waals surface area contributed by atoms with Gasteiger partial charge in [-0.2, -0.15) is 0 Å². The molecule has 0 bridgehead atoms. The van der Waals surface area contributed by atoms with E-state index < -0.39 is 11.4 Å². The topological polar surface area (TPSA) is 116 Å². The Morgan fingerprint density at radius 2 is 1.87 bits per heavy atom. The standard InChI is InChI=1S/C28H34N4O6/c1-19(2)38-23(20-8-6-5-7-9-20)18-37-26-22(16-21(17-30-26)25-29-10-13-36-25)24(33)31-28(3,4)27(34)32-11-14-35-15-12-32/h5-10,13,16-17,19,23H,11-12,14-15,18H2,1-4H3,(H,31,33). The van der Waals surface area contributed by atoms with Gasteiger partial charge >= 0.3 is 0 Å². The molecule has 202 valence electrons. The summed E-state index contributed by atoms with van der Waals surface area (Å²) in [5.41, 5.74) is 0.432. The molecule has 0 aliphatic carbocycles. The molecule has 2 amide bonds. The third kappa shape index (κ3) is 6.76. The van der Waals surface area contributed by atoms with Gasteiger partial charge in [0, 0.05) is 19.3 Å². The van der Waals surface area contributed by atoms with Gasteiger partial charge in [0.25, 0.3) is 5.91 Å². The van der Waals surface area contributed by atoms with E-state index in [0.29, 0.717) is 37.8 Å². The summed E-state index contributed by atoms with van der Waals surface area (Å²) in [6.07, 6.45) is 4.07. The fourth-order valence-electron chi connectivity index (χ4n) is 4.14. The first-order valence-corrected chi connectivity index (χ1v) is 12.7. The molecule has 3 heterocycles. The number of nitrogens with zero attached hydrogens (tertiary/aromatic N) is 3. The Bertz CT molecular complexity index is 1210. The number of benzene rings is 1. The lowest BCUT2D eigenvalue weighted by atomic mass is 10.0. The number of ether oxygens (including phenoxy) is 3. The van der Waals surface area contributed by atoms with E-state index in [4.69, 9.17) is 18.6 Å². The smallest absolute Gasteiger partial charge is 0.257 e. The van der Waals surface area contributed by atoms with Gasteiger partial charge in [-0.1, -0.05) is 30.3 Å². The van der Waals surface area contributed by atoms with Gasteiger partial charge in [0.1, 0.15) is 30.1 Å². The maximum atomic E-state index is 13.6. The van der Waals surface area contributed by atoms with Crippen LogP contribution in [-0.4, -0.2) is 71.2 Å². The van der Waals surface area contributed by atoms with E-state index in [1.165, 1.54) is 18.7 Å². The zero-order chi connectivity index (χ0) is 27.1. The second-order valence-corrected chi connectivity index (χ2v) is 9.79. The summed E-state index contributed by atoms with van der Waals surface area (Å²) in [7, 11) is 0. The van der Waals surface area contributed by atoms with Crippen LogP contribution in [0.5, 0.6) is 5.88 Å². The van der Waals surface area contributed by atoms with Crippen LogP contribution in [-0.2, 0) is 14.3 Å². The first kappa shape index (κ1) is 27.3. The number of aromatic nitrogens is 2. The molecule has 38 heavy (non-hydrogen) atoms. The van der Waals surface area contributed by atoms with Gasteiger partial charge in [0.05, 0.1) is 31.1 Å². The van der Waals surface area contributed by atoms with E-state index in [9.17, 15) is 9.59 Å². The summed E-state index contributed by atoms with van der Waals surface area (Å²) < 4.78 is 22.9. The van der Waals surface area contributed by atoms with Crippen molar-refractivity contribution in [1.29, 1.82) is 0 Å². The molecular weight excluding hydrogens is 488 g/mol. The number of carbonyl (C=O) groups excluding carboxylic acids is 2. The monoisotopic (exact) mass is 522 g/mol. The summed E-state index contributed by atoms with van der Waals surface area (Å²) in [4.78, 5) is 37.0. The average molecular weight is 523 g/mol. The average Bonchev–Trinajstić information content (AvgIpc) is 3.46. The molecule has 1 aliphatic heterocycles. The largest absolute Gasteiger partial charge is 0.474 e. The van der Waals surface area contributed by atoms with Crippen LogP contribution in [0.1, 0.15) is 49.7 Å². The molecule has 4 rings (SSSR count). The van der Waals surface area contributed by atoms with Crippen LogP contribution in [0.25, 0.3) is 11.5 Å². The summed E-state index contributed by atoms with van der Waals surface area (Å²) in [5.74, 6) is -0.274. The second kappa shape index (κ2) is 12.2.